The third kappa shape index (κ3) is 4.08. The Labute approximate surface area is 97.8 Å². The van der Waals surface area contributed by atoms with Gasteiger partial charge in [-0.2, -0.15) is 0 Å². The Morgan fingerprint density at radius 2 is 1.88 bits per heavy atom. The fraction of sp³-hybridized carbons (Fsp3) is 0.455. The molecular weight excluding hydrogens is 232 g/mol. The fourth-order valence-electron chi connectivity index (χ4n) is 1.22. The topological polar surface area (TPSA) is 46.2 Å². The molecule has 2 atom stereocenters. The van der Waals surface area contributed by atoms with Crippen LogP contribution in [0.15, 0.2) is 29.2 Å². The van der Waals surface area contributed by atoms with E-state index in [-0.39, 0.29) is 11.8 Å². The Balaban J connectivity index is 2.61. The number of rotatable bonds is 5. The summed E-state index contributed by atoms with van der Waals surface area (Å²) < 4.78 is 23.9. The number of aliphatic hydroxyl groups excluding tert-OH is 1. The number of hydrogen-bond acceptors (Lipinski definition) is 3. The van der Waals surface area contributed by atoms with E-state index in [1.807, 2.05) is 0 Å². The SMILES string of the molecule is CC(N)C(O)c1ccc(SCC(F)F)cc1. The largest absolute Gasteiger partial charge is 0.387 e. The van der Waals surface area contributed by atoms with Crippen molar-refractivity contribution in [3.8, 4) is 0 Å². The molecule has 0 heterocycles. The Kier molecular flexibility index (Phi) is 5.18. The molecule has 2 nitrogen and oxygen atoms in total. The number of nitrogens with two attached hydrogens (primary N) is 1. The van der Waals surface area contributed by atoms with Gasteiger partial charge >= 0.3 is 0 Å². The number of aliphatic hydroxyl groups is 1. The zero-order valence-electron chi connectivity index (χ0n) is 8.94. The average Bonchev–Trinajstić information content (AvgIpc) is 2.26. The highest BCUT2D eigenvalue weighted by Gasteiger charge is 2.12. The molecule has 0 saturated heterocycles. The van der Waals surface area contributed by atoms with Crippen LogP contribution in [0, 0.1) is 0 Å². The lowest BCUT2D eigenvalue weighted by atomic mass is 10.0. The average molecular weight is 247 g/mol. The lowest BCUT2D eigenvalue weighted by Gasteiger charge is -2.14. The van der Waals surface area contributed by atoms with E-state index < -0.39 is 12.5 Å². The lowest BCUT2D eigenvalue weighted by Crippen LogP contribution is -2.24. The number of hydrogen-bond donors (Lipinski definition) is 2. The molecule has 0 radical (unpaired) electrons. The molecular formula is C11H15F2NOS. The van der Waals surface area contributed by atoms with Crippen LogP contribution in [0.4, 0.5) is 8.78 Å². The molecule has 2 unspecified atom stereocenters. The van der Waals surface area contributed by atoms with Gasteiger partial charge in [-0.05, 0) is 24.6 Å². The molecule has 16 heavy (non-hydrogen) atoms. The predicted octanol–water partition coefficient (Wildman–Crippen LogP) is 2.42. The zero-order valence-corrected chi connectivity index (χ0v) is 9.75. The summed E-state index contributed by atoms with van der Waals surface area (Å²) in [5, 5.41) is 9.65. The summed E-state index contributed by atoms with van der Waals surface area (Å²) in [7, 11) is 0. The summed E-state index contributed by atoms with van der Waals surface area (Å²) in [4.78, 5) is 0.765. The summed E-state index contributed by atoms with van der Waals surface area (Å²) in [5.41, 5.74) is 6.26. The first-order valence-electron chi connectivity index (χ1n) is 4.95. The summed E-state index contributed by atoms with van der Waals surface area (Å²) in [6.45, 7) is 1.71. The lowest BCUT2D eigenvalue weighted by molar-refractivity contribution is 0.153. The molecule has 0 aliphatic heterocycles. The van der Waals surface area contributed by atoms with E-state index in [4.69, 9.17) is 5.73 Å². The minimum absolute atomic E-state index is 0.213. The van der Waals surface area contributed by atoms with E-state index in [0.29, 0.717) is 5.56 Å². The maximum Gasteiger partial charge on any atom is 0.247 e. The maximum absolute atomic E-state index is 12.0. The molecule has 0 aliphatic rings. The zero-order chi connectivity index (χ0) is 12.1. The van der Waals surface area contributed by atoms with Crippen molar-refractivity contribution in [1.82, 2.24) is 0 Å². The van der Waals surface area contributed by atoms with Gasteiger partial charge in [0.25, 0.3) is 0 Å². The van der Waals surface area contributed by atoms with Gasteiger partial charge in [-0.25, -0.2) is 8.78 Å². The van der Waals surface area contributed by atoms with Gasteiger partial charge in [-0.1, -0.05) is 12.1 Å². The van der Waals surface area contributed by atoms with Crippen LogP contribution in [0.2, 0.25) is 0 Å². The normalized spacial score (nSPS) is 15.1. The van der Waals surface area contributed by atoms with E-state index in [0.717, 1.165) is 16.7 Å². The van der Waals surface area contributed by atoms with Crippen molar-refractivity contribution in [2.75, 3.05) is 5.75 Å². The van der Waals surface area contributed by atoms with Gasteiger partial charge in [0.1, 0.15) is 0 Å². The van der Waals surface area contributed by atoms with Crippen molar-refractivity contribution in [3.05, 3.63) is 29.8 Å². The first-order chi connectivity index (χ1) is 7.50. The highest BCUT2D eigenvalue weighted by Crippen LogP contribution is 2.23. The second kappa shape index (κ2) is 6.18. The maximum atomic E-state index is 12.0. The highest BCUT2D eigenvalue weighted by molar-refractivity contribution is 7.99. The molecule has 0 spiro atoms. The summed E-state index contributed by atoms with van der Waals surface area (Å²) in [5.74, 6) is -0.213. The van der Waals surface area contributed by atoms with Crippen molar-refractivity contribution in [3.63, 3.8) is 0 Å². The van der Waals surface area contributed by atoms with Crippen LogP contribution in [0.5, 0.6) is 0 Å². The molecule has 1 rings (SSSR count). The molecule has 0 saturated carbocycles. The van der Waals surface area contributed by atoms with Gasteiger partial charge < -0.3 is 10.8 Å². The van der Waals surface area contributed by atoms with Gasteiger partial charge in [0, 0.05) is 10.9 Å². The quantitative estimate of drug-likeness (QED) is 0.785. The Bertz CT molecular complexity index is 316. The summed E-state index contributed by atoms with van der Waals surface area (Å²) in [6, 6.07) is 6.51. The van der Waals surface area contributed by atoms with Gasteiger partial charge in [-0.3, -0.25) is 0 Å². The molecule has 1 aromatic rings. The van der Waals surface area contributed by atoms with Crippen LogP contribution >= 0.6 is 11.8 Å². The Hall–Kier alpha value is -0.650. The second-order valence-corrected chi connectivity index (χ2v) is 4.67. The molecule has 5 heteroatoms. The van der Waals surface area contributed by atoms with Gasteiger partial charge in [0.15, 0.2) is 0 Å². The fourth-order valence-corrected chi connectivity index (χ4v) is 1.87. The first-order valence-corrected chi connectivity index (χ1v) is 5.94. The van der Waals surface area contributed by atoms with Crippen molar-refractivity contribution < 1.29 is 13.9 Å². The van der Waals surface area contributed by atoms with Crippen molar-refractivity contribution in [2.45, 2.75) is 30.4 Å². The molecule has 0 amide bonds. The number of halogens is 2. The van der Waals surface area contributed by atoms with Crippen LogP contribution in [-0.4, -0.2) is 23.3 Å². The Morgan fingerprint density at radius 3 is 2.31 bits per heavy atom. The number of benzene rings is 1. The third-order valence-corrected chi connectivity index (χ3v) is 3.12. The van der Waals surface area contributed by atoms with E-state index in [1.54, 1.807) is 31.2 Å². The van der Waals surface area contributed by atoms with Crippen molar-refractivity contribution in [2.24, 2.45) is 5.73 Å². The van der Waals surface area contributed by atoms with Crippen LogP contribution in [-0.2, 0) is 0 Å². The van der Waals surface area contributed by atoms with Crippen LogP contribution < -0.4 is 5.73 Å². The molecule has 0 aliphatic carbocycles. The van der Waals surface area contributed by atoms with Crippen LogP contribution in [0.25, 0.3) is 0 Å². The monoisotopic (exact) mass is 247 g/mol. The summed E-state index contributed by atoms with van der Waals surface area (Å²) in [6.07, 6.45) is -3.02. The van der Waals surface area contributed by atoms with Gasteiger partial charge in [-0.15, -0.1) is 11.8 Å². The van der Waals surface area contributed by atoms with Crippen molar-refractivity contribution >= 4 is 11.8 Å². The van der Waals surface area contributed by atoms with Crippen LogP contribution in [0.1, 0.15) is 18.6 Å². The van der Waals surface area contributed by atoms with E-state index >= 15 is 0 Å². The number of thioether (sulfide) groups is 1. The molecule has 1 aromatic carbocycles. The van der Waals surface area contributed by atoms with Crippen molar-refractivity contribution in [1.29, 1.82) is 0 Å². The van der Waals surface area contributed by atoms with E-state index in [1.165, 1.54) is 0 Å². The minimum Gasteiger partial charge on any atom is -0.387 e. The molecule has 0 aromatic heterocycles. The predicted molar refractivity (Wildman–Crippen MR) is 61.8 cm³/mol. The number of alkyl halides is 2. The first kappa shape index (κ1) is 13.4. The smallest absolute Gasteiger partial charge is 0.247 e. The molecule has 0 bridgehead atoms. The highest BCUT2D eigenvalue weighted by atomic mass is 32.2. The van der Waals surface area contributed by atoms with Crippen LogP contribution in [0.3, 0.4) is 0 Å². The molecule has 0 fully saturated rings. The van der Waals surface area contributed by atoms with Gasteiger partial charge in [0.05, 0.1) is 11.9 Å². The molecule has 3 N–H and O–H groups in total. The Morgan fingerprint density at radius 1 is 1.31 bits per heavy atom. The second-order valence-electron chi connectivity index (χ2n) is 3.58. The van der Waals surface area contributed by atoms with E-state index in [2.05, 4.69) is 0 Å². The van der Waals surface area contributed by atoms with Gasteiger partial charge in [0.2, 0.25) is 6.43 Å². The third-order valence-electron chi connectivity index (χ3n) is 2.10. The minimum atomic E-state index is -2.31. The standard InChI is InChI=1S/C11H15F2NOS/c1-7(14)11(15)8-2-4-9(5-3-8)16-6-10(12)13/h2-5,7,10-11,15H,6,14H2,1H3. The summed E-state index contributed by atoms with van der Waals surface area (Å²) >= 11 is 1.09. The van der Waals surface area contributed by atoms with E-state index in [9.17, 15) is 13.9 Å². The molecule has 90 valence electrons.